The molecule has 142 valence electrons. The van der Waals surface area contributed by atoms with E-state index < -0.39 is 6.04 Å². The summed E-state index contributed by atoms with van der Waals surface area (Å²) in [5.74, 6) is 0.153. The number of imide groups is 1. The topological polar surface area (TPSA) is 58.4 Å². The predicted octanol–water partition coefficient (Wildman–Crippen LogP) is 3.89. The highest BCUT2D eigenvalue weighted by molar-refractivity contribution is 6.37. The van der Waals surface area contributed by atoms with Gasteiger partial charge in [-0.1, -0.05) is 35.3 Å². The Morgan fingerprint density at radius 1 is 1.04 bits per heavy atom. The Morgan fingerprint density at radius 3 is 2.71 bits per heavy atom. The van der Waals surface area contributed by atoms with Gasteiger partial charge in [-0.2, -0.15) is 0 Å². The van der Waals surface area contributed by atoms with Crippen LogP contribution in [0, 0.1) is 0 Å². The third-order valence-electron chi connectivity index (χ3n) is 5.32. The van der Waals surface area contributed by atoms with E-state index in [-0.39, 0.29) is 18.2 Å². The van der Waals surface area contributed by atoms with Crippen LogP contribution in [0.25, 0.3) is 11.0 Å². The number of aryl methyl sites for hydroxylation is 1. The summed E-state index contributed by atoms with van der Waals surface area (Å²) in [5, 5.41) is 0.737. The molecule has 0 radical (unpaired) electrons. The number of rotatable bonds is 2. The average molecular weight is 415 g/mol. The Kier molecular flexibility index (Phi) is 4.07. The lowest BCUT2D eigenvalue weighted by atomic mass is 10.2. The second kappa shape index (κ2) is 6.50. The first-order valence-electron chi connectivity index (χ1n) is 9.08. The van der Waals surface area contributed by atoms with Crippen LogP contribution in [0.4, 0.5) is 11.6 Å². The number of para-hydroxylation sites is 2. The Labute approximate surface area is 171 Å². The highest BCUT2D eigenvalue weighted by Gasteiger charge is 2.45. The quantitative estimate of drug-likeness (QED) is 0.596. The third-order valence-corrected chi connectivity index (χ3v) is 5.87. The van der Waals surface area contributed by atoms with Crippen molar-refractivity contribution in [1.29, 1.82) is 0 Å². The molecule has 2 aliphatic heterocycles. The number of hydrogen-bond donors (Lipinski definition) is 0. The minimum absolute atomic E-state index is 0.0882. The summed E-state index contributed by atoms with van der Waals surface area (Å²) in [6.45, 7) is 1.51. The zero-order valence-corrected chi connectivity index (χ0v) is 16.3. The van der Waals surface area contributed by atoms with Crippen molar-refractivity contribution in [3.63, 3.8) is 0 Å². The fourth-order valence-electron chi connectivity index (χ4n) is 4.07. The normalized spacial score (nSPS) is 19.6. The molecule has 1 unspecified atom stereocenters. The van der Waals surface area contributed by atoms with E-state index in [1.165, 1.54) is 0 Å². The number of carbonyl (C=O) groups excluding carboxylic acids is 2. The summed E-state index contributed by atoms with van der Waals surface area (Å²) < 4.78 is 2.12. The minimum atomic E-state index is -0.599. The van der Waals surface area contributed by atoms with Crippen LogP contribution in [-0.2, 0) is 16.1 Å². The summed E-state index contributed by atoms with van der Waals surface area (Å²) in [6.07, 6.45) is 0.966. The number of carbonyl (C=O) groups is 2. The van der Waals surface area contributed by atoms with Gasteiger partial charge >= 0.3 is 0 Å². The molecule has 1 saturated heterocycles. The number of fused-ring (bicyclic) bond motifs is 3. The summed E-state index contributed by atoms with van der Waals surface area (Å²) >= 11 is 12.3. The van der Waals surface area contributed by atoms with Crippen molar-refractivity contribution in [3.8, 4) is 0 Å². The molecule has 0 spiro atoms. The first-order valence-corrected chi connectivity index (χ1v) is 9.84. The first kappa shape index (κ1) is 17.5. The zero-order valence-electron chi connectivity index (χ0n) is 14.8. The van der Waals surface area contributed by atoms with E-state index in [2.05, 4.69) is 4.57 Å². The van der Waals surface area contributed by atoms with Crippen LogP contribution in [0.3, 0.4) is 0 Å². The fourth-order valence-corrected chi connectivity index (χ4v) is 4.43. The first-order chi connectivity index (χ1) is 13.5. The molecule has 1 atom stereocenters. The summed E-state index contributed by atoms with van der Waals surface area (Å²) in [7, 11) is 0. The molecule has 1 fully saturated rings. The molecule has 0 aliphatic carbocycles. The van der Waals surface area contributed by atoms with Gasteiger partial charge in [0.15, 0.2) is 0 Å². The maximum Gasteiger partial charge on any atom is 0.257 e. The Bertz CT molecular complexity index is 1130. The van der Waals surface area contributed by atoms with Crippen molar-refractivity contribution in [2.24, 2.45) is 0 Å². The van der Waals surface area contributed by atoms with Crippen molar-refractivity contribution < 1.29 is 9.59 Å². The van der Waals surface area contributed by atoms with Gasteiger partial charge in [-0.3, -0.25) is 9.59 Å². The van der Waals surface area contributed by atoms with E-state index in [4.69, 9.17) is 28.2 Å². The van der Waals surface area contributed by atoms with Gasteiger partial charge in [0.05, 0.1) is 28.2 Å². The van der Waals surface area contributed by atoms with E-state index in [1.807, 2.05) is 29.2 Å². The van der Waals surface area contributed by atoms with Crippen molar-refractivity contribution in [3.05, 3.63) is 52.5 Å². The smallest absolute Gasteiger partial charge is 0.257 e. The monoisotopic (exact) mass is 414 g/mol. The lowest BCUT2D eigenvalue weighted by molar-refractivity contribution is -0.121. The summed E-state index contributed by atoms with van der Waals surface area (Å²) in [4.78, 5) is 33.8. The van der Waals surface area contributed by atoms with Crippen molar-refractivity contribution in [1.82, 2.24) is 9.55 Å². The number of anilines is 2. The lowest BCUT2D eigenvalue weighted by Crippen LogP contribution is -2.46. The molecule has 5 rings (SSSR count). The second-order valence-corrected chi connectivity index (χ2v) is 7.83. The molecule has 8 heteroatoms. The molecule has 2 amide bonds. The van der Waals surface area contributed by atoms with E-state index in [0.717, 1.165) is 34.8 Å². The molecule has 2 aromatic carbocycles. The predicted molar refractivity (Wildman–Crippen MR) is 109 cm³/mol. The highest BCUT2D eigenvalue weighted by Crippen LogP contribution is 2.36. The number of halogens is 2. The lowest BCUT2D eigenvalue weighted by Gasteiger charge is -2.32. The molecule has 0 saturated carbocycles. The second-order valence-electron chi connectivity index (χ2n) is 6.98. The van der Waals surface area contributed by atoms with Gasteiger partial charge in [-0.15, -0.1) is 0 Å². The number of aromatic nitrogens is 2. The van der Waals surface area contributed by atoms with Crippen LogP contribution in [-0.4, -0.2) is 34.0 Å². The van der Waals surface area contributed by atoms with E-state index in [0.29, 0.717) is 22.3 Å². The third kappa shape index (κ3) is 2.59. The van der Waals surface area contributed by atoms with Crippen molar-refractivity contribution >= 4 is 57.7 Å². The van der Waals surface area contributed by atoms with E-state index in [9.17, 15) is 9.59 Å². The molecule has 0 N–H and O–H groups in total. The molecule has 3 heterocycles. The van der Waals surface area contributed by atoms with Crippen molar-refractivity contribution in [2.45, 2.75) is 25.4 Å². The van der Waals surface area contributed by atoms with E-state index >= 15 is 0 Å². The Balaban J connectivity index is 1.54. The molecular formula is C20H16Cl2N4O2. The number of imidazole rings is 1. The van der Waals surface area contributed by atoms with Gasteiger partial charge in [0.25, 0.3) is 5.91 Å². The maximum atomic E-state index is 13.2. The standard InChI is InChI=1S/C20H16Cl2N4O2/c21-12-6-7-13(22)16(10-12)26-18(27)11-17(19(26)28)25-9-3-8-24-15-5-2-1-4-14(15)23-20(24)25/h1-2,4-7,10,17H,3,8-9,11H2. The van der Waals surface area contributed by atoms with Crippen LogP contribution in [0.2, 0.25) is 10.0 Å². The van der Waals surface area contributed by atoms with Crippen molar-refractivity contribution in [2.75, 3.05) is 16.3 Å². The van der Waals surface area contributed by atoms with Crippen LogP contribution in [0.15, 0.2) is 42.5 Å². The van der Waals surface area contributed by atoms with Gasteiger partial charge in [0, 0.05) is 18.1 Å². The van der Waals surface area contributed by atoms with Gasteiger partial charge in [-0.25, -0.2) is 9.88 Å². The fraction of sp³-hybridized carbons (Fsp3) is 0.250. The number of hydrogen-bond acceptors (Lipinski definition) is 4. The maximum absolute atomic E-state index is 13.2. The van der Waals surface area contributed by atoms with Crippen LogP contribution >= 0.6 is 23.2 Å². The number of nitrogens with zero attached hydrogens (tertiary/aromatic N) is 4. The Morgan fingerprint density at radius 2 is 1.86 bits per heavy atom. The molecule has 0 bridgehead atoms. The van der Waals surface area contributed by atoms with Gasteiger partial charge in [-0.05, 0) is 36.8 Å². The molecule has 6 nitrogen and oxygen atoms in total. The van der Waals surface area contributed by atoms with Gasteiger partial charge in [0.1, 0.15) is 6.04 Å². The summed E-state index contributed by atoms with van der Waals surface area (Å²) in [6, 6.07) is 12.1. The van der Waals surface area contributed by atoms with E-state index in [1.54, 1.807) is 18.2 Å². The molecule has 28 heavy (non-hydrogen) atoms. The molecular weight excluding hydrogens is 399 g/mol. The van der Waals surface area contributed by atoms with Crippen LogP contribution in [0.5, 0.6) is 0 Å². The minimum Gasteiger partial charge on any atom is -0.330 e. The molecule has 3 aromatic rings. The largest absolute Gasteiger partial charge is 0.330 e. The molecule has 2 aliphatic rings. The van der Waals surface area contributed by atoms with Crippen LogP contribution in [0.1, 0.15) is 12.8 Å². The number of benzene rings is 2. The number of amides is 2. The SMILES string of the molecule is O=C1CC(N2CCCn3c2nc2ccccc23)C(=O)N1c1cc(Cl)ccc1Cl. The Hall–Kier alpha value is -2.57. The zero-order chi connectivity index (χ0) is 19.4. The summed E-state index contributed by atoms with van der Waals surface area (Å²) in [5.41, 5.74) is 2.25. The van der Waals surface area contributed by atoms with Gasteiger partial charge in [0.2, 0.25) is 11.9 Å². The molecule has 1 aromatic heterocycles. The average Bonchev–Trinajstić information content (AvgIpc) is 3.21. The highest BCUT2D eigenvalue weighted by atomic mass is 35.5. The van der Waals surface area contributed by atoms with Gasteiger partial charge < -0.3 is 9.47 Å². The van der Waals surface area contributed by atoms with Crippen LogP contribution < -0.4 is 9.80 Å².